The molecule has 2 rings (SSSR count). The van der Waals surface area contributed by atoms with E-state index in [0.717, 1.165) is 0 Å². The van der Waals surface area contributed by atoms with Gasteiger partial charge in [-0.1, -0.05) is 39.3 Å². The molecule has 4 heteroatoms. The van der Waals surface area contributed by atoms with Crippen molar-refractivity contribution < 1.29 is 24.8 Å². The molecule has 0 saturated carbocycles. The van der Waals surface area contributed by atoms with E-state index in [1.54, 1.807) is 33.7 Å². The summed E-state index contributed by atoms with van der Waals surface area (Å²) in [4.78, 5) is 0. The minimum atomic E-state index is -0.981. The van der Waals surface area contributed by atoms with Crippen molar-refractivity contribution in [1.82, 2.24) is 0 Å². The maximum Gasteiger partial charge on any atom is -1.00 e. The Labute approximate surface area is 157 Å². The number of hydrogen-bond acceptors (Lipinski definition) is 0. The van der Waals surface area contributed by atoms with Crippen LogP contribution in [0.25, 0.3) is 0 Å². The molecule has 124 valence electrons. The SMILES string of the molecule is C[Si](C)(C)c1cc[cH-]c1.C[Si](C)(C)c1cc[cH-]c1.C[Si](C)=[Zr].[H-]. The summed E-state index contributed by atoms with van der Waals surface area (Å²) >= 11 is 1.74. The molecule has 0 saturated heterocycles. The van der Waals surface area contributed by atoms with Gasteiger partial charge in [0.15, 0.2) is 0 Å². The van der Waals surface area contributed by atoms with Crippen molar-refractivity contribution in [2.75, 3.05) is 0 Å². The summed E-state index contributed by atoms with van der Waals surface area (Å²) in [6, 6.07) is 17.4. The molecule has 0 bridgehead atoms. The smallest absolute Gasteiger partial charge is 1.00 e. The van der Waals surface area contributed by atoms with Gasteiger partial charge in [-0.15, -0.1) is 0 Å². The second-order valence-electron chi connectivity index (χ2n) is 7.85. The Bertz CT molecular complexity index is 469. The fourth-order valence-electron chi connectivity index (χ4n) is 1.75. The monoisotopic (exact) mass is 423 g/mol. The minimum Gasteiger partial charge on any atom is -1.00 e. The molecule has 0 aliphatic heterocycles. The van der Waals surface area contributed by atoms with Crippen molar-refractivity contribution in [3.05, 3.63) is 48.5 Å². The minimum absolute atomic E-state index is 0. The van der Waals surface area contributed by atoms with Crippen molar-refractivity contribution in [1.29, 1.82) is 0 Å². The zero-order chi connectivity index (χ0) is 17.4. The Morgan fingerprint density at radius 3 is 1.18 bits per heavy atom. The summed E-state index contributed by atoms with van der Waals surface area (Å²) in [6.45, 7) is 18.8. The normalized spacial score (nSPS) is 10.9. The zero-order valence-electron chi connectivity index (χ0n) is 16.6. The molecule has 0 radical (unpaired) electrons. The Kier molecular flexibility index (Phi) is 10.3. The Morgan fingerprint density at radius 1 is 0.818 bits per heavy atom. The quantitative estimate of drug-likeness (QED) is 0.480. The molecule has 2 aromatic rings. The van der Waals surface area contributed by atoms with Crippen LogP contribution in [0, 0.1) is 0 Å². The summed E-state index contributed by atoms with van der Waals surface area (Å²) < 4.78 is 0. The molecule has 0 unspecified atom stereocenters. The van der Waals surface area contributed by atoms with E-state index >= 15 is 0 Å². The van der Waals surface area contributed by atoms with Gasteiger partial charge < -0.3 is 1.43 Å². The topological polar surface area (TPSA) is 0 Å². The van der Waals surface area contributed by atoms with Crippen LogP contribution in [0.4, 0.5) is 0 Å². The average Bonchev–Trinajstić information content (AvgIpc) is 3.02. The summed E-state index contributed by atoms with van der Waals surface area (Å²) in [5.74, 6) is 0. The van der Waals surface area contributed by atoms with Crippen LogP contribution < -0.4 is 10.4 Å². The molecule has 0 fully saturated rings. The van der Waals surface area contributed by atoms with Crippen LogP contribution in [0.1, 0.15) is 1.43 Å². The van der Waals surface area contributed by atoms with Crippen LogP contribution in [-0.2, 0) is 23.3 Å². The van der Waals surface area contributed by atoms with Crippen molar-refractivity contribution in [2.24, 2.45) is 0 Å². The summed E-state index contributed by atoms with van der Waals surface area (Å²) in [7, 11) is -1.96. The van der Waals surface area contributed by atoms with Gasteiger partial charge in [-0.3, -0.25) is 0 Å². The standard InChI is InChI=1S/2C8H13Si.C2H6Si.Zr.H/c2*1-9(2,3)8-6-4-5-7-8;1-3-2;;/h2*4-7H,1-3H3;1-2H3;;/q2*-1;;;-1. The molecule has 0 aromatic heterocycles. The van der Waals surface area contributed by atoms with Crippen molar-refractivity contribution in [2.45, 2.75) is 52.4 Å². The molecule has 0 nitrogen and oxygen atoms in total. The van der Waals surface area contributed by atoms with Gasteiger partial charge in [-0.2, -0.15) is 36.4 Å². The first-order chi connectivity index (χ1) is 9.94. The first kappa shape index (κ1) is 22.2. The van der Waals surface area contributed by atoms with E-state index in [2.05, 4.69) is 101 Å². The van der Waals surface area contributed by atoms with E-state index in [-0.39, 0.29) is 6.86 Å². The molecule has 0 heterocycles. The van der Waals surface area contributed by atoms with Gasteiger partial charge in [0.1, 0.15) is 0 Å². The largest absolute Gasteiger partial charge is 1.00 e. The van der Waals surface area contributed by atoms with Crippen LogP contribution in [0.2, 0.25) is 52.4 Å². The molecular formula is C18H33Si3Zr-3. The Morgan fingerprint density at radius 2 is 1.09 bits per heavy atom. The third kappa shape index (κ3) is 10.9. The summed E-state index contributed by atoms with van der Waals surface area (Å²) in [5, 5.41) is 3.12. The van der Waals surface area contributed by atoms with E-state index in [1.807, 2.05) is 0 Å². The Balaban J connectivity index is 0. The van der Waals surface area contributed by atoms with E-state index in [9.17, 15) is 0 Å². The van der Waals surface area contributed by atoms with Crippen LogP contribution >= 0.6 is 0 Å². The first-order valence-corrected chi connectivity index (χ1v) is 21.1. The predicted molar refractivity (Wildman–Crippen MR) is 109 cm³/mol. The van der Waals surface area contributed by atoms with Crippen LogP contribution in [0.5, 0.6) is 0 Å². The van der Waals surface area contributed by atoms with Crippen molar-refractivity contribution in [3.8, 4) is 0 Å². The van der Waals surface area contributed by atoms with Crippen LogP contribution in [0.15, 0.2) is 48.5 Å². The molecule has 0 amide bonds. The van der Waals surface area contributed by atoms with Gasteiger partial charge in [0.2, 0.25) is 0 Å². The second kappa shape index (κ2) is 10.2. The zero-order valence-corrected chi connectivity index (χ0v) is 21.1. The van der Waals surface area contributed by atoms with Gasteiger partial charge in [-0.25, -0.2) is 22.5 Å². The van der Waals surface area contributed by atoms with Gasteiger partial charge in [0, 0.05) is 16.1 Å². The fourth-order valence-corrected chi connectivity index (χ4v) is 4.13. The Hall–Kier alpha value is 0.234. The van der Waals surface area contributed by atoms with Crippen LogP contribution in [-0.4, -0.2) is 21.6 Å². The van der Waals surface area contributed by atoms with Crippen molar-refractivity contribution >= 4 is 32.0 Å². The van der Waals surface area contributed by atoms with E-state index < -0.39 is 16.1 Å². The van der Waals surface area contributed by atoms with Gasteiger partial charge in [0.25, 0.3) is 0 Å². The predicted octanol–water partition coefficient (Wildman–Crippen LogP) is 4.80. The number of rotatable bonds is 2. The fraction of sp³-hybridized carbons (Fsp3) is 0.444. The molecular weight excluding hydrogens is 392 g/mol. The van der Waals surface area contributed by atoms with Gasteiger partial charge in [-0.05, 0) is 0 Å². The summed E-state index contributed by atoms with van der Waals surface area (Å²) in [6.07, 6.45) is 0. The van der Waals surface area contributed by atoms with E-state index in [4.69, 9.17) is 0 Å². The van der Waals surface area contributed by atoms with Crippen LogP contribution in [0.3, 0.4) is 0 Å². The number of hydrogen-bond donors (Lipinski definition) is 0. The third-order valence-electron chi connectivity index (χ3n) is 3.06. The van der Waals surface area contributed by atoms with E-state index in [0.29, 0.717) is 0 Å². The molecule has 0 N–H and O–H groups in total. The molecule has 2 aromatic carbocycles. The first-order valence-electron chi connectivity index (χ1n) is 7.90. The molecule has 0 spiro atoms. The molecule has 0 atom stereocenters. The molecule has 22 heavy (non-hydrogen) atoms. The van der Waals surface area contributed by atoms with Gasteiger partial charge >= 0.3 is 41.9 Å². The second-order valence-corrected chi connectivity index (χ2v) is 27.4. The third-order valence-corrected chi connectivity index (χ3v) is 7.19. The van der Waals surface area contributed by atoms with Gasteiger partial charge in [0.05, 0.1) is 0 Å². The maximum absolute atomic E-state index is 2.36. The summed E-state index contributed by atoms with van der Waals surface area (Å²) in [5.41, 5.74) is 0.210. The van der Waals surface area contributed by atoms with Crippen molar-refractivity contribution in [3.63, 3.8) is 0 Å². The average molecular weight is 425 g/mol. The molecule has 0 aliphatic carbocycles. The molecule has 0 aliphatic rings. The maximum atomic E-state index is 2.36. The van der Waals surface area contributed by atoms with E-state index in [1.165, 1.54) is 0 Å².